The van der Waals surface area contributed by atoms with Crippen LogP contribution in [0.5, 0.6) is 11.5 Å². The topological polar surface area (TPSA) is 138 Å². The van der Waals surface area contributed by atoms with Crippen LogP contribution in [0.25, 0.3) is 11.0 Å². The first kappa shape index (κ1) is 23.4. The first-order chi connectivity index (χ1) is 17.5. The molecule has 3 N–H and O–H groups in total. The molecule has 4 aromatic rings. The fraction of sp³-hybridized carbons (Fsp3) is 0.250. The van der Waals surface area contributed by atoms with Crippen LogP contribution in [0.2, 0.25) is 0 Å². The van der Waals surface area contributed by atoms with Crippen molar-refractivity contribution in [3.63, 3.8) is 0 Å². The van der Waals surface area contributed by atoms with Crippen LogP contribution in [0.4, 0.5) is 10.9 Å². The zero-order valence-electron chi connectivity index (χ0n) is 19.5. The van der Waals surface area contributed by atoms with Gasteiger partial charge < -0.3 is 15.0 Å². The van der Waals surface area contributed by atoms with E-state index in [1.165, 1.54) is 17.4 Å². The number of piperidine rings is 1. The molecule has 1 aliphatic heterocycles. The summed E-state index contributed by atoms with van der Waals surface area (Å²) in [7, 11) is 0. The lowest BCUT2D eigenvalue weighted by Gasteiger charge is -2.32. The van der Waals surface area contributed by atoms with Crippen molar-refractivity contribution in [2.45, 2.75) is 25.8 Å². The fourth-order valence-electron chi connectivity index (χ4n) is 4.05. The summed E-state index contributed by atoms with van der Waals surface area (Å²) in [6.45, 7) is 6.69. The summed E-state index contributed by atoms with van der Waals surface area (Å²) < 4.78 is 6.14. The molecule has 1 aliphatic rings. The van der Waals surface area contributed by atoms with Crippen LogP contribution < -0.4 is 15.4 Å². The Labute approximate surface area is 210 Å². The largest absolute Gasteiger partial charge is 0.456 e. The molecule has 0 spiro atoms. The lowest BCUT2D eigenvalue weighted by molar-refractivity contribution is -0.127. The minimum Gasteiger partial charge on any atom is -0.456 e. The summed E-state index contributed by atoms with van der Waals surface area (Å²) >= 11 is 1.31. The highest BCUT2D eigenvalue weighted by Crippen LogP contribution is 2.33. The number of pyridine rings is 1. The van der Waals surface area contributed by atoms with E-state index in [2.05, 4.69) is 42.6 Å². The van der Waals surface area contributed by atoms with Gasteiger partial charge in [0.15, 0.2) is 11.5 Å². The van der Waals surface area contributed by atoms with Crippen LogP contribution >= 0.6 is 11.3 Å². The number of H-pyrrole nitrogens is 1. The zero-order chi connectivity index (χ0) is 25.1. The van der Waals surface area contributed by atoms with Crippen molar-refractivity contribution in [1.82, 2.24) is 30.3 Å². The molecule has 12 heteroatoms. The molecule has 1 atom stereocenters. The van der Waals surface area contributed by atoms with Gasteiger partial charge in [0.25, 0.3) is 5.91 Å². The van der Waals surface area contributed by atoms with E-state index >= 15 is 0 Å². The molecule has 36 heavy (non-hydrogen) atoms. The van der Waals surface area contributed by atoms with Crippen LogP contribution in [0.15, 0.2) is 49.2 Å². The molecule has 0 unspecified atom stereocenters. The number of rotatable bonds is 7. The Hall–Kier alpha value is -4.32. The summed E-state index contributed by atoms with van der Waals surface area (Å²) in [5, 5.41) is 23.2. The molecule has 5 rings (SSSR count). The number of aromatic nitrogens is 5. The first-order valence-corrected chi connectivity index (χ1v) is 12.2. The second kappa shape index (κ2) is 10.1. The SMILES string of the molecule is C=CC(=O)N1CCC[C@@H](Nc2n[nH]c3nccc(Oc4ccc(C(=O)Nc5nnc(C)s5)cc4)c23)C1. The number of nitrogens with zero attached hydrogens (tertiary/aromatic N) is 5. The van der Waals surface area contributed by atoms with E-state index in [1.54, 1.807) is 41.4 Å². The minimum atomic E-state index is -0.276. The molecule has 4 heterocycles. The molecule has 184 valence electrons. The second-order valence-electron chi connectivity index (χ2n) is 8.28. The van der Waals surface area contributed by atoms with E-state index in [0.29, 0.717) is 52.1 Å². The van der Waals surface area contributed by atoms with Crippen molar-refractivity contribution in [2.75, 3.05) is 23.7 Å². The highest BCUT2D eigenvalue weighted by Gasteiger charge is 2.24. The number of aromatic amines is 1. The van der Waals surface area contributed by atoms with Gasteiger partial charge in [-0.05, 0) is 50.1 Å². The average Bonchev–Trinajstić information content (AvgIpc) is 3.50. The van der Waals surface area contributed by atoms with Crippen LogP contribution in [-0.4, -0.2) is 61.2 Å². The molecule has 1 aromatic carbocycles. The highest BCUT2D eigenvalue weighted by atomic mass is 32.1. The van der Waals surface area contributed by atoms with Gasteiger partial charge in [0, 0.05) is 37.0 Å². The summed E-state index contributed by atoms with van der Waals surface area (Å²) in [6.07, 6.45) is 4.77. The van der Waals surface area contributed by atoms with Crippen molar-refractivity contribution >= 4 is 45.1 Å². The molecule has 0 radical (unpaired) electrons. The van der Waals surface area contributed by atoms with Gasteiger partial charge in [-0.2, -0.15) is 5.10 Å². The maximum absolute atomic E-state index is 12.5. The number of fused-ring (bicyclic) bond motifs is 1. The third kappa shape index (κ3) is 5.03. The molecule has 0 saturated carbocycles. The summed E-state index contributed by atoms with van der Waals surface area (Å²) in [5.41, 5.74) is 1.05. The molecule has 3 aromatic heterocycles. The van der Waals surface area contributed by atoms with E-state index in [0.717, 1.165) is 17.8 Å². The van der Waals surface area contributed by atoms with Crippen LogP contribution in [0.3, 0.4) is 0 Å². The van der Waals surface area contributed by atoms with Gasteiger partial charge in [0.1, 0.15) is 21.9 Å². The first-order valence-electron chi connectivity index (χ1n) is 11.4. The number of ether oxygens (including phenoxy) is 1. The Balaban J connectivity index is 1.31. The van der Waals surface area contributed by atoms with Gasteiger partial charge in [-0.1, -0.05) is 17.9 Å². The fourth-order valence-corrected chi connectivity index (χ4v) is 4.63. The molecule has 0 aliphatic carbocycles. The number of benzene rings is 1. The molecule has 0 bridgehead atoms. The number of aryl methyl sites for hydroxylation is 1. The Morgan fingerprint density at radius 1 is 1.25 bits per heavy atom. The van der Waals surface area contributed by atoms with Gasteiger partial charge in [-0.15, -0.1) is 10.2 Å². The minimum absolute atomic E-state index is 0.0387. The monoisotopic (exact) mass is 504 g/mol. The molecule has 1 fully saturated rings. The molecule has 1 saturated heterocycles. The lowest BCUT2D eigenvalue weighted by atomic mass is 10.1. The van der Waals surface area contributed by atoms with E-state index in [-0.39, 0.29) is 17.9 Å². The number of nitrogens with one attached hydrogen (secondary N) is 3. The predicted molar refractivity (Wildman–Crippen MR) is 136 cm³/mol. The van der Waals surface area contributed by atoms with Crippen LogP contribution in [0.1, 0.15) is 28.2 Å². The number of likely N-dealkylation sites (tertiary alicyclic amines) is 1. The number of carbonyl (C=O) groups is 2. The standard InChI is InChI=1S/C24H24N8O3S/c1-3-19(33)32-12-4-5-16(13-32)26-22-20-18(10-11-25-21(20)29-30-22)35-17-8-6-15(7-9-17)23(34)27-24-31-28-14(2)36-24/h3,6-11,16H,1,4-5,12-13H2,2H3,(H,27,31,34)(H2,25,26,29,30)/t16-/m1/s1. The maximum atomic E-state index is 12.5. The van der Waals surface area contributed by atoms with E-state index in [4.69, 9.17) is 4.74 Å². The Bertz CT molecular complexity index is 1410. The number of hydrogen-bond donors (Lipinski definition) is 3. The van der Waals surface area contributed by atoms with E-state index in [1.807, 2.05) is 6.92 Å². The van der Waals surface area contributed by atoms with E-state index in [9.17, 15) is 9.59 Å². The Morgan fingerprint density at radius 3 is 2.83 bits per heavy atom. The van der Waals surface area contributed by atoms with Crippen LogP contribution in [0, 0.1) is 6.92 Å². The zero-order valence-corrected chi connectivity index (χ0v) is 20.3. The smallest absolute Gasteiger partial charge is 0.257 e. The number of anilines is 2. The molecule has 11 nitrogen and oxygen atoms in total. The summed E-state index contributed by atoms with van der Waals surface area (Å²) in [6, 6.07) is 8.60. The maximum Gasteiger partial charge on any atom is 0.257 e. The van der Waals surface area contributed by atoms with Crippen molar-refractivity contribution in [3.05, 3.63) is 59.8 Å². The average molecular weight is 505 g/mol. The lowest BCUT2D eigenvalue weighted by Crippen LogP contribution is -2.44. The van der Waals surface area contributed by atoms with Crippen molar-refractivity contribution in [2.24, 2.45) is 0 Å². The van der Waals surface area contributed by atoms with Gasteiger partial charge in [0.05, 0.1) is 0 Å². The normalized spacial score (nSPS) is 15.5. The Morgan fingerprint density at radius 2 is 2.08 bits per heavy atom. The summed E-state index contributed by atoms with van der Waals surface area (Å²) in [4.78, 5) is 30.7. The number of amides is 2. The molecule has 2 amide bonds. The Kier molecular flexibility index (Phi) is 6.58. The van der Waals surface area contributed by atoms with Gasteiger partial charge in [-0.25, -0.2) is 4.98 Å². The molecular weight excluding hydrogens is 480 g/mol. The van der Waals surface area contributed by atoms with Gasteiger partial charge >= 0.3 is 0 Å². The predicted octanol–water partition coefficient (Wildman–Crippen LogP) is 3.75. The highest BCUT2D eigenvalue weighted by molar-refractivity contribution is 7.15. The van der Waals surface area contributed by atoms with Crippen molar-refractivity contribution in [3.8, 4) is 11.5 Å². The summed E-state index contributed by atoms with van der Waals surface area (Å²) in [5.74, 6) is 1.37. The third-order valence-electron chi connectivity index (χ3n) is 5.76. The number of hydrogen-bond acceptors (Lipinski definition) is 9. The van der Waals surface area contributed by atoms with Crippen LogP contribution in [-0.2, 0) is 4.79 Å². The van der Waals surface area contributed by atoms with E-state index < -0.39 is 0 Å². The third-order valence-corrected chi connectivity index (χ3v) is 6.52. The molecular formula is C24H24N8O3S. The number of carbonyl (C=O) groups excluding carboxylic acids is 2. The van der Waals surface area contributed by atoms with Gasteiger partial charge in [-0.3, -0.25) is 20.0 Å². The quantitative estimate of drug-likeness (QED) is 0.324. The van der Waals surface area contributed by atoms with Crippen molar-refractivity contribution in [1.29, 1.82) is 0 Å². The second-order valence-corrected chi connectivity index (χ2v) is 9.47. The van der Waals surface area contributed by atoms with Crippen molar-refractivity contribution < 1.29 is 14.3 Å². The van der Waals surface area contributed by atoms with Gasteiger partial charge in [0.2, 0.25) is 11.0 Å².